The van der Waals surface area contributed by atoms with Crippen LogP contribution in [0.1, 0.15) is 26.7 Å². The zero-order chi connectivity index (χ0) is 11.5. The molecule has 1 fully saturated rings. The summed E-state index contributed by atoms with van der Waals surface area (Å²) in [4.78, 5) is 0. The van der Waals surface area contributed by atoms with Crippen molar-refractivity contribution < 1.29 is 13.2 Å². The Morgan fingerprint density at radius 3 is 2.60 bits per heavy atom. The van der Waals surface area contributed by atoms with Crippen molar-refractivity contribution in [1.29, 1.82) is 0 Å². The molecule has 1 rings (SSSR count). The number of halogens is 3. The number of rotatable bonds is 3. The minimum atomic E-state index is -4.04. The maximum absolute atomic E-state index is 12.0. The SMILES string of the molecule is CC1(C)CCSCC1NCCC(F)(F)F. The lowest BCUT2D eigenvalue weighted by Gasteiger charge is -2.39. The third kappa shape index (κ3) is 4.64. The molecule has 1 aliphatic rings. The van der Waals surface area contributed by atoms with Gasteiger partial charge in [0.05, 0.1) is 6.42 Å². The highest BCUT2D eigenvalue weighted by Gasteiger charge is 2.33. The average molecular weight is 241 g/mol. The molecule has 0 aromatic rings. The fraction of sp³-hybridized carbons (Fsp3) is 1.00. The summed E-state index contributed by atoms with van der Waals surface area (Å²) in [5.74, 6) is 2.04. The van der Waals surface area contributed by atoms with Gasteiger partial charge in [-0.15, -0.1) is 0 Å². The summed E-state index contributed by atoms with van der Waals surface area (Å²) in [6.07, 6.45) is -3.70. The van der Waals surface area contributed by atoms with Gasteiger partial charge in [-0.05, 0) is 17.6 Å². The Morgan fingerprint density at radius 2 is 2.07 bits per heavy atom. The zero-order valence-corrected chi connectivity index (χ0v) is 9.97. The van der Waals surface area contributed by atoms with Gasteiger partial charge in [-0.2, -0.15) is 24.9 Å². The van der Waals surface area contributed by atoms with E-state index in [-0.39, 0.29) is 18.0 Å². The van der Waals surface area contributed by atoms with E-state index in [4.69, 9.17) is 0 Å². The molecule has 0 aromatic carbocycles. The van der Waals surface area contributed by atoms with Crippen molar-refractivity contribution >= 4 is 11.8 Å². The van der Waals surface area contributed by atoms with Gasteiger partial charge in [-0.3, -0.25) is 0 Å². The summed E-state index contributed by atoms with van der Waals surface area (Å²) in [7, 11) is 0. The molecule has 15 heavy (non-hydrogen) atoms. The van der Waals surface area contributed by atoms with Crippen molar-refractivity contribution in [2.75, 3.05) is 18.1 Å². The second-order valence-electron chi connectivity index (χ2n) is 4.69. The van der Waals surface area contributed by atoms with Gasteiger partial charge in [0.2, 0.25) is 0 Å². The van der Waals surface area contributed by atoms with Crippen LogP contribution in [0.5, 0.6) is 0 Å². The van der Waals surface area contributed by atoms with Crippen molar-refractivity contribution in [2.24, 2.45) is 5.41 Å². The zero-order valence-electron chi connectivity index (χ0n) is 9.16. The number of alkyl halides is 3. The fourth-order valence-electron chi connectivity index (χ4n) is 1.66. The maximum Gasteiger partial charge on any atom is 0.390 e. The standard InChI is InChI=1S/C10H18F3NS/c1-9(2)4-6-15-7-8(9)14-5-3-10(11,12)13/h8,14H,3-7H2,1-2H3. The minimum absolute atomic E-state index is 0.0398. The summed E-state index contributed by atoms with van der Waals surface area (Å²) >= 11 is 1.82. The molecule has 1 nitrogen and oxygen atoms in total. The summed E-state index contributed by atoms with van der Waals surface area (Å²) in [5.41, 5.74) is 0.122. The van der Waals surface area contributed by atoms with Gasteiger partial charge in [-0.1, -0.05) is 13.8 Å². The maximum atomic E-state index is 12.0. The smallest absolute Gasteiger partial charge is 0.312 e. The van der Waals surface area contributed by atoms with E-state index in [1.165, 1.54) is 0 Å². The van der Waals surface area contributed by atoms with Gasteiger partial charge in [0.1, 0.15) is 0 Å². The molecule has 1 saturated heterocycles. The number of hydrogen-bond donors (Lipinski definition) is 1. The van der Waals surface area contributed by atoms with E-state index in [0.717, 1.165) is 17.9 Å². The van der Waals surface area contributed by atoms with Crippen LogP contribution >= 0.6 is 11.8 Å². The summed E-state index contributed by atoms with van der Waals surface area (Å²) < 4.78 is 35.9. The average Bonchev–Trinajstić information content (AvgIpc) is 2.05. The molecule has 0 saturated carbocycles. The van der Waals surface area contributed by atoms with Crippen LogP contribution in [0.2, 0.25) is 0 Å². The molecule has 0 bridgehead atoms. The number of hydrogen-bond acceptors (Lipinski definition) is 2. The summed E-state index contributed by atoms with van der Waals surface area (Å²) in [5, 5.41) is 3.03. The second-order valence-corrected chi connectivity index (χ2v) is 5.84. The largest absolute Gasteiger partial charge is 0.390 e. The predicted molar refractivity (Wildman–Crippen MR) is 58.2 cm³/mol. The van der Waals surface area contributed by atoms with Crippen molar-refractivity contribution in [1.82, 2.24) is 5.32 Å². The van der Waals surface area contributed by atoms with Gasteiger partial charge < -0.3 is 5.32 Å². The molecule has 1 N–H and O–H groups in total. The molecule has 1 atom stereocenters. The van der Waals surface area contributed by atoms with Crippen LogP contribution in [-0.2, 0) is 0 Å². The Hall–Kier alpha value is 0.100. The number of nitrogens with one attached hydrogen (secondary N) is 1. The van der Waals surface area contributed by atoms with Crippen molar-refractivity contribution in [3.8, 4) is 0 Å². The Morgan fingerprint density at radius 1 is 1.40 bits per heavy atom. The van der Waals surface area contributed by atoms with Crippen LogP contribution in [-0.4, -0.2) is 30.3 Å². The van der Waals surface area contributed by atoms with E-state index >= 15 is 0 Å². The highest BCUT2D eigenvalue weighted by atomic mass is 32.2. The van der Waals surface area contributed by atoms with Crippen molar-refractivity contribution in [3.63, 3.8) is 0 Å². The Balaban J connectivity index is 2.31. The van der Waals surface area contributed by atoms with Crippen LogP contribution in [0.15, 0.2) is 0 Å². The lowest BCUT2D eigenvalue weighted by atomic mass is 9.82. The summed E-state index contributed by atoms with van der Waals surface area (Å²) in [6.45, 7) is 4.29. The highest BCUT2D eigenvalue weighted by Crippen LogP contribution is 2.34. The molecule has 1 aliphatic heterocycles. The van der Waals surface area contributed by atoms with E-state index in [1.54, 1.807) is 0 Å². The molecule has 0 aliphatic carbocycles. The van der Waals surface area contributed by atoms with Gasteiger partial charge in [0, 0.05) is 18.3 Å². The molecule has 90 valence electrons. The molecule has 0 spiro atoms. The van der Waals surface area contributed by atoms with E-state index in [1.807, 2.05) is 11.8 Å². The third-order valence-corrected chi connectivity index (χ3v) is 3.98. The Labute approximate surface area is 93.2 Å². The van der Waals surface area contributed by atoms with Crippen molar-refractivity contribution in [3.05, 3.63) is 0 Å². The van der Waals surface area contributed by atoms with E-state index < -0.39 is 12.6 Å². The molecule has 0 aromatic heterocycles. The van der Waals surface area contributed by atoms with Crippen LogP contribution in [0, 0.1) is 5.41 Å². The Bertz CT molecular complexity index is 203. The summed E-state index contributed by atoms with van der Waals surface area (Å²) in [6, 6.07) is 0.207. The molecular formula is C10H18F3NS. The van der Waals surface area contributed by atoms with Crippen LogP contribution in [0.25, 0.3) is 0 Å². The first kappa shape index (κ1) is 13.2. The monoisotopic (exact) mass is 241 g/mol. The molecular weight excluding hydrogens is 223 g/mol. The molecule has 1 unspecified atom stereocenters. The lowest BCUT2D eigenvalue weighted by molar-refractivity contribution is -0.133. The Kier molecular flexibility index (Phi) is 4.35. The first-order valence-corrected chi connectivity index (χ1v) is 6.35. The highest BCUT2D eigenvalue weighted by molar-refractivity contribution is 7.99. The lowest BCUT2D eigenvalue weighted by Crippen LogP contribution is -2.47. The van der Waals surface area contributed by atoms with Gasteiger partial charge in [-0.25, -0.2) is 0 Å². The molecule has 0 amide bonds. The normalized spacial score (nSPS) is 26.6. The van der Waals surface area contributed by atoms with Gasteiger partial charge in [0.15, 0.2) is 0 Å². The van der Waals surface area contributed by atoms with E-state index in [2.05, 4.69) is 19.2 Å². The van der Waals surface area contributed by atoms with Gasteiger partial charge in [0.25, 0.3) is 0 Å². The number of thioether (sulfide) groups is 1. The van der Waals surface area contributed by atoms with Crippen LogP contribution in [0.3, 0.4) is 0 Å². The third-order valence-electron chi connectivity index (χ3n) is 2.92. The first-order valence-electron chi connectivity index (χ1n) is 5.19. The molecule has 0 radical (unpaired) electrons. The topological polar surface area (TPSA) is 12.0 Å². The van der Waals surface area contributed by atoms with E-state index in [0.29, 0.717) is 0 Å². The quantitative estimate of drug-likeness (QED) is 0.815. The van der Waals surface area contributed by atoms with Crippen LogP contribution < -0.4 is 5.32 Å². The molecule has 1 heterocycles. The second kappa shape index (κ2) is 4.95. The van der Waals surface area contributed by atoms with E-state index in [9.17, 15) is 13.2 Å². The van der Waals surface area contributed by atoms with Crippen LogP contribution in [0.4, 0.5) is 13.2 Å². The fourth-order valence-corrected chi connectivity index (χ4v) is 3.30. The van der Waals surface area contributed by atoms with Gasteiger partial charge >= 0.3 is 6.18 Å². The molecule has 5 heteroatoms. The minimum Gasteiger partial charge on any atom is -0.312 e. The van der Waals surface area contributed by atoms with Crippen molar-refractivity contribution in [2.45, 2.75) is 38.9 Å². The predicted octanol–water partition coefficient (Wildman–Crippen LogP) is 3.06. The first-order chi connectivity index (χ1) is 6.81.